The summed E-state index contributed by atoms with van der Waals surface area (Å²) in [5.74, 6) is -1.13. The van der Waals surface area contributed by atoms with Gasteiger partial charge in [0.05, 0.1) is 12.1 Å². The largest absolute Gasteiger partial charge is 0.481 e. The maximum atomic E-state index is 13.0. The number of aryl methyl sites for hydroxylation is 1. The number of carboxylic acid groups (broad SMARTS) is 1. The zero-order chi connectivity index (χ0) is 14.9. The van der Waals surface area contributed by atoms with Crippen LogP contribution in [0, 0.1) is 12.7 Å². The van der Waals surface area contributed by atoms with Crippen molar-refractivity contribution < 1.29 is 14.3 Å². The van der Waals surface area contributed by atoms with Crippen LogP contribution in [-0.4, -0.2) is 16.1 Å². The van der Waals surface area contributed by atoms with Crippen molar-refractivity contribution in [3.63, 3.8) is 0 Å². The number of thiazole rings is 1. The lowest BCUT2D eigenvalue weighted by molar-refractivity contribution is -0.136. The number of nitrogens with zero attached hydrogens (tertiary/aromatic N) is 1. The molecule has 106 valence electrons. The van der Waals surface area contributed by atoms with Gasteiger partial charge in [0.1, 0.15) is 10.8 Å². The van der Waals surface area contributed by atoms with Crippen LogP contribution in [0.1, 0.15) is 35.0 Å². The van der Waals surface area contributed by atoms with Gasteiger partial charge in [0.25, 0.3) is 0 Å². The Morgan fingerprint density at radius 3 is 2.50 bits per heavy atom. The van der Waals surface area contributed by atoms with Crippen molar-refractivity contribution in [3.05, 3.63) is 51.2 Å². The van der Waals surface area contributed by atoms with Crippen LogP contribution in [0.2, 0.25) is 0 Å². The highest BCUT2D eigenvalue weighted by molar-refractivity contribution is 7.12. The monoisotopic (exact) mass is 293 g/mol. The molecule has 3 nitrogen and oxygen atoms in total. The molecule has 0 unspecified atom stereocenters. The number of aromatic nitrogens is 1. The zero-order valence-electron chi connectivity index (χ0n) is 11.6. The molecule has 0 spiro atoms. The average molecular weight is 293 g/mol. The number of hydrogen-bond donors (Lipinski definition) is 1. The highest BCUT2D eigenvalue weighted by atomic mass is 32.1. The zero-order valence-corrected chi connectivity index (χ0v) is 12.4. The fraction of sp³-hybridized carbons (Fsp3) is 0.333. The molecule has 1 heterocycles. The smallest absolute Gasteiger partial charge is 0.308 e. The first-order valence-electron chi connectivity index (χ1n) is 6.25. The summed E-state index contributed by atoms with van der Waals surface area (Å²) in [6.45, 7) is 5.82. The van der Waals surface area contributed by atoms with E-state index >= 15 is 0 Å². The van der Waals surface area contributed by atoms with E-state index in [1.54, 1.807) is 12.1 Å². The van der Waals surface area contributed by atoms with E-state index in [4.69, 9.17) is 5.11 Å². The molecule has 1 aromatic heterocycles. The SMILES string of the molecule is Cc1nc(C(C)(C)c2ccc(F)cc2)sc1CC(=O)O. The first-order valence-corrected chi connectivity index (χ1v) is 7.07. The molecule has 0 aliphatic rings. The standard InChI is InChI=1S/C15H16FNO2S/c1-9-12(8-13(18)19)20-14(17-9)15(2,3)10-4-6-11(16)7-5-10/h4-7H,8H2,1-3H3,(H,18,19). The summed E-state index contributed by atoms with van der Waals surface area (Å²) in [5.41, 5.74) is 1.33. The minimum atomic E-state index is -0.858. The summed E-state index contributed by atoms with van der Waals surface area (Å²) in [6.07, 6.45) is -0.0109. The van der Waals surface area contributed by atoms with Gasteiger partial charge in [-0.15, -0.1) is 11.3 Å². The van der Waals surface area contributed by atoms with E-state index in [9.17, 15) is 9.18 Å². The molecule has 0 saturated carbocycles. The third-order valence-corrected chi connectivity index (χ3v) is 4.79. The molecule has 0 radical (unpaired) electrons. The topological polar surface area (TPSA) is 50.2 Å². The second-order valence-corrected chi connectivity index (χ2v) is 6.31. The number of carboxylic acids is 1. The quantitative estimate of drug-likeness (QED) is 0.938. The van der Waals surface area contributed by atoms with Gasteiger partial charge in [0.15, 0.2) is 0 Å². The van der Waals surface area contributed by atoms with E-state index in [0.29, 0.717) is 0 Å². The van der Waals surface area contributed by atoms with E-state index in [1.165, 1.54) is 23.5 Å². The highest BCUT2D eigenvalue weighted by Crippen LogP contribution is 2.35. The van der Waals surface area contributed by atoms with E-state index < -0.39 is 5.97 Å². The Balaban J connectivity index is 2.38. The minimum Gasteiger partial charge on any atom is -0.481 e. The predicted molar refractivity (Wildman–Crippen MR) is 76.7 cm³/mol. The Morgan fingerprint density at radius 1 is 1.35 bits per heavy atom. The van der Waals surface area contributed by atoms with Crippen LogP contribution in [-0.2, 0) is 16.6 Å². The first-order chi connectivity index (χ1) is 9.30. The van der Waals surface area contributed by atoms with Gasteiger partial charge in [-0.05, 0) is 38.5 Å². The molecule has 0 amide bonds. The van der Waals surface area contributed by atoms with Gasteiger partial charge in [0, 0.05) is 10.3 Å². The Hall–Kier alpha value is -1.75. The van der Waals surface area contributed by atoms with Crippen LogP contribution in [0.3, 0.4) is 0 Å². The van der Waals surface area contributed by atoms with Gasteiger partial charge in [-0.25, -0.2) is 9.37 Å². The van der Waals surface area contributed by atoms with Crippen molar-refractivity contribution >= 4 is 17.3 Å². The summed E-state index contributed by atoms with van der Waals surface area (Å²) in [6, 6.07) is 6.33. The Bertz CT molecular complexity index is 632. The van der Waals surface area contributed by atoms with E-state index in [2.05, 4.69) is 4.98 Å². The number of rotatable bonds is 4. The maximum absolute atomic E-state index is 13.0. The van der Waals surface area contributed by atoms with E-state index in [0.717, 1.165) is 21.1 Å². The first kappa shape index (κ1) is 14.7. The van der Waals surface area contributed by atoms with Crippen molar-refractivity contribution in [2.45, 2.75) is 32.6 Å². The number of carbonyl (C=O) groups is 1. The van der Waals surface area contributed by atoms with Crippen LogP contribution < -0.4 is 0 Å². The molecule has 0 aliphatic carbocycles. The summed E-state index contributed by atoms with van der Waals surface area (Å²) in [7, 11) is 0. The van der Waals surface area contributed by atoms with Crippen molar-refractivity contribution in [2.24, 2.45) is 0 Å². The third kappa shape index (κ3) is 2.88. The second-order valence-electron chi connectivity index (χ2n) is 5.23. The van der Waals surface area contributed by atoms with Gasteiger partial charge in [-0.1, -0.05) is 12.1 Å². The normalized spacial score (nSPS) is 11.6. The molecule has 0 bridgehead atoms. The number of benzene rings is 1. The molecule has 1 N–H and O–H groups in total. The van der Waals surface area contributed by atoms with E-state index in [-0.39, 0.29) is 17.7 Å². The van der Waals surface area contributed by atoms with Crippen molar-refractivity contribution in [3.8, 4) is 0 Å². The molecular formula is C15H16FNO2S. The fourth-order valence-corrected chi connectivity index (χ4v) is 3.16. The maximum Gasteiger partial charge on any atom is 0.308 e. The molecule has 2 aromatic rings. The molecule has 2 rings (SSSR count). The predicted octanol–water partition coefficient (Wildman–Crippen LogP) is 3.54. The molecule has 20 heavy (non-hydrogen) atoms. The van der Waals surface area contributed by atoms with Crippen LogP contribution in [0.25, 0.3) is 0 Å². The van der Waals surface area contributed by atoms with Gasteiger partial charge in [-0.2, -0.15) is 0 Å². The van der Waals surface area contributed by atoms with Crippen molar-refractivity contribution in [1.29, 1.82) is 0 Å². The van der Waals surface area contributed by atoms with Crippen LogP contribution in [0.4, 0.5) is 4.39 Å². The molecule has 0 atom stereocenters. The van der Waals surface area contributed by atoms with Crippen molar-refractivity contribution in [2.75, 3.05) is 0 Å². The number of hydrogen-bond acceptors (Lipinski definition) is 3. The summed E-state index contributed by atoms with van der Waals surface area (Å²) < 4.78 is 13.0. The second kappa shape index (κ2) is 5.32. The van der Waals surface area contributed by atoms with Crippen LogP contribution in [0.15, 0.2) is 24.3 Å². The number of halogens is 1. The molecule has 5 heteroatoms. The van der Waals surface area contributed by atoms with Gasteiger partial charge in [0.2, 0.25) is 0 Å². The van der Waals surface area contributed by atoms with Crippen molar-refractivity contribution in [1.82, 2.24) is 4.98 Å². The van der Waals surface area contributed by atoms with Gasteiger partial charge >= 0.3 is 5.97 Å². The molecule has 0 aliphatic heterocycles. The molecular weight excluding hydrogens is 277 g/mol. The summed E-state index contributed by atoms with van der Waals surface area (Å²) in [5, 5.41) is 9.73. The Kier molecular flexibility index (Phi) is 3.90. The molecule has 1 aromatic carbocycles. The van der Waals surface area contributed by atoms with Crippen LogP contribution in [0.5, 0.6) is 0 Å². The average Bonchev–Trinajstić information content (AvgIpc) is 2.71. The Morgan fingerprint density at radius 2 is 1.95 bits per heavy atom. The minimum absolute atomic E-state index is 0.0109. The fourth-order valence-electron chi connectivity index (χ4n) is 1.99. The highest BCUT2D eigenvalue weighted by Gasteiger charge is 2.28. The van der Waals surface area contributed by atoms with Gasteiger partial charge in [-0.3, -0.25) is 4.79 Å². The Labute approximate surface area is 121 Å². The number of aliphatic carboxylic acids is 1. The lowest BCUT2D eigenvalue weighted by Crippen LogP contribution is -2.18. The lowest BCUT2D eigenvalue weighted by Gasteiger charge is -2.22. The van der Waals surface area contributed by atoms with E-state index in [1.807, 2.05) is 20.8 Å². The molecule has 0 fully saturated rings. The summed E-state index contributed by atoms with van der Waals surface area (Å²) >= 11 is 1.41. The molecule has 0 saturated heterocycles. The lowest BCUT2D eigenvalue weighted by atomic mass is 9.85. The third-order valence-electron chi connectivity index (χ3n) is 3.31. The van der Waals surface area contributed by atoms with Gasteiger partial charge < -0.3 is 5.11 Å². The van der Waals surface area contributed by atoms with Crippen LogP contribution >= 0.6 is 11.3 Å². The summed E-state index contributed by atoms with van der Waals surface area (Å²) in [4.78, 5) is 16.1.